The molecule has 122 valence electrons. The van der Waals surface area contributed by atoms with E-state index in [2.05, 4.69) is 47.2 Å². The lowest BCUT2D eigenvalue weighted by Gasteiger charge is -2.16. The van der Waals surface area contributed by atoms with Crippen LogP contribution >= 0.6 is 27.5 Å². The highest BCUT2D eigenvalue weighted by molar-refractivity contribution is 9.10. The normalized spacial score (nSPS) is 11.9. The zero-order valence-electron chi connectivity index (χ0n) is 13.3. The average molecular weight is 397 g/mol. The number of amides is 1. The van der Waals surface area contributed by atoms with Crippen LogP contribution in [0.3, 0.4) is 0 Å². The molecule has 0 aliphatic rings. The van der Waals surface area contributed by atoms with Crippen LogP contribution in [0.15, 0.2) is 40.9 Å². The molecular formula is C18H19BrClNO2. The van der Waals surface area contributed by atoms with E-state index in [9.17, 15) is 4.79 Å². The summed E-state index contributed by atoms with van der Waals surface area (Å²) in [6, 6.07) is 11.3. The second-order valence-electron chi connectivity index (χ2n) is 5.50. The lowest BCUT2D eigenvalue weighted by Crippen LogP contribution is -2.31. The molecule has 1 atom stereocenters. The van der Waals surface area contributed by atoms with Crippen molar-refractivity contribution in [3.63, 3.8) is 0 Å². The Bertz CT molecular complexity index is 718. The van der Waals surface area contributed by atoms with Crippen molar-refractivity contribution in [2.75, 3.05) is 6.61 Å². The van der Waals surface area contributed by atoms with Crippen molar-refractivity contribution in [1.29, 1.82) is 0 Å². The lowest BCUT2D eigenvalue weighted by molar-refractivity contribution is -0.123. The number of halogens is 2. The highest BCUT2D eigenvalue weighted by Gasteiger charge is 2.11. The molecule has 3 nitrogen and oxygen atoms in total. The van der Waals surface area contributed by atoms with Crippen molar-refractivity contribution < 1.29 is 9.53 Å². The molecule has 1 amide bonds. The summed E-state index contributed by atoms with van der Waals surface area (Å²) in [5.74, 6) is 0.418. The van der Waals surface area contributed by atoms with Crippen LogP contribution in [0.4, 0.5) is 0 Å². The first-order valence-corrected chi connectivity index (χ1v) is 8.48. The number of aryl methyl sites for hydroxylation is 2. The predicted octanol–water partition coefficient (Wildman–Crippen LogP) is 4.98. The van der Waals surface area contributed by atoms with Crippen molar-refractivity contribution in [1.82, 2.24) is 5.32 Å². The molecule has 2 aromatic carbocycles. The quantitative estimate of drug-likeness (QED) is 0.774. The highest BCUT2D eigenvalue weighted by atomic mass is 79.9. The van der Waals surface area contributed by atoms with E-state index in [1.54, 1.807) is 18.2 Å². The van der Waals surface area contributed by atoms with E-state index in [0.29, 0.717) is 10.8 Å². The van der Waals surface area contributed by atoms with Crippen LogP contribution in [0.2, 0.25) is 5.02 Å². The number of benzene rings is 2. The summed E-state index contributed by atoms with van der Waals surface area (Å²) < 4.78 is 6.24. The summed E-state index contributed by atoms with van der Waals surface area (Å²) >= 11 is 9.23. The van der Waals surface area contributed by atoms with Crippen molar-refractivity contribution in [3.05, 3.63) is 62.6 Å². The topological polar surface area (TPSA) is 38.3 Å². The minimum Gasteiger partial charge on any atom is -0.483 e. The number of hydrogen-bond acceptors (Lipinski definition) is 2. The Morgan fingerprint density at radius 2 is 1.96 bits per heavy atom. The number of ether oxygens (including phenoxy) is 1. The molecule has 0 fully saturated rings. The average Bonchev–Trinajstić information content (AvgIpc) is 2.49. The van der Waals surface area contributed by atoms with Gasteiger partial charge in [-0.15, -0.1) is 0 Å². The first-order chi connectivity index (χ1) is 10.9. The Morgan fingerprint density at radius 3 is 2.61 bits per heavy atom. The summed E-state index contributed by atoms with van der Waals surface area (Å²) in [6.07, 6.45) is 0. The zero-order valence-corrected chi connectivity index (χ0v) is 15.7. The molecule has 23 heavy (non-hydrogen) atoms. The minimum absolute atomic E-state index is 0.0462. The fraction of sp³-hybridized carbons (Fsp3) is 0.278. The van der Waals surface area contributed by atoms with Gasteiger partial charge in [0, 0.05) is 5.02 Å². The molecule has 2 aromatic rings. The maximum absolute atomic E-state index is 12.1. The van der Waals surface area contributed by atoms with Gasteiger partial charge in [-0.3, -0.25) is 4.79 Å². The second-order valence-corrected chi connectivity index (χ2v) is 6.79. The van der Waals surface area contributed by atoms with Crippen molar-refractivity contribution >= 4 is 33.4 Å². The van der Waals surface area contributed by atoms with Crippen LogP contribution in [0.25, 0.3) is 0 Å². The molecule has 0 saturated heterocycles. The van der Waals surface area contributed by atoms with Crippen LogP contribution < -0.4 is 10.1 Å². The molecule has 5 heteroatoms. The van der Waals surface area contributed by atoms with Crippen LogP contribution in [0, 0.1) is 13.8 Å². The molecule has 0 saturated carbocycles. The van der Waals surface area contributed by atoms with Crippen molar-refractivity contribution in [2.45, 2.75) is 26.8 Å². The Hall–Kier alpha value is -1.52. The maximum Gasteiger partial charge on any atom is 0.258 e. The lowest BCUT2D eigenvalue weighted by atomic mass is 10.0. The van der Waals surface area contributed by atoms with Gasteiger partial charge in [0.15, 0.2) is 6.61 Å². The predicted molar refractivity (Wildman–Crippen MR) is 97.1 cm³/mol. The van der Waals surface area contributed by atoms with E-state index in [0.717, 1.165) is 10.0 Å². The Morgan fingerprint density at radius 1 is 1.22 bits per heavy atom. The molecule has 2 rings (SSSR count). The van der Waals surface area contributed by atoms with Crippen LogP contribution in [0.1, 0.15) is 29.7 Å². The van der Waals surface area contributed by atoms with Gasteiger partial charge in [-0.05, 0) is 71.6 Å². The molecule has 0 heterocycles. The monoisotopic (exact) mass is 395 g/mol. The number of carbonyl (C=O) groups excluding carboxylic acids is 1. The van der Waals surface area contributed by atoms with Gasteiger partial charge in [0.25, 0.3) is 5.91 Å². The smallest absolute Gasteiger partial charge is 0.258 e. The fourth-order valence-corrected chi connectivity index (χ4v) is 2.93. The van der Waals surface area contributed by atoms with Crippen LogP contribution in [-0.4, -0.2) is 12.5 Å². The Kier molecular flexibility index (Phi) is 6.08. The minimum atomic E-state index is -0.169. The summed E-state index contributed by atoms with van der Waals surface area (Å²) in [6.45, 7) is 6.05. The molecule has 1 N–H and O–H groups in total. The molecule has 0 bridgehead atoms. The van der Waals surface area contributed by atoms with Gasteiger partial charge in [0.2, 0.25) is 0 Å². The van der Waals surface area contributed by atoms with Gasteiger partial charge >= 0.3 is 0 Å². The SMILES string of the molecule is Cc1ccc(C(C)NC(=O)COc2ccc(Cl)cc2Br)cc1C. The van der Waals surface area contributed by atoms with Gasteiger partial charge < -0.3 is 10.1 Å². The third-order valence-corrected chi connectivity index (χ3v) is 4.52. The van der Waals surface area contributed by atoms with E-state index in [4.69, 9.17) is 16.3 Å². The molecule has 0 aliphatic carbocycles. The Balaban J connectivity index is 1.92. The summed E-state index contributed by atoms with van der Waals surface area (Å²) in [7, 11) is 0. The van der Waals surface area contributed by atoms with Crippen molar-refractivity contribution in [3.8, 4) is 5.75 Å². The molecule has 0 aliphatic heterocycles. The Labute approximate surface area is 150 Å². The van der Waals surface area contributed by atoms with Gasteiger partial charge in [0.1, 0.15) is 5.75 Å². The van der Waals surface area contributed by atoms with E-state index in [1.807, 2.05) is 13.0 Å². The molecule has 1 unspecified atom stereocenters. The van der Waals surface area contributed by atoms with Gasteiger partial charge in [0.05, 0.1) is 10.5 Å². The summed E-state index contributed by atoms with van der Waals surface area (Å²) in [5, 5.41) is 3.55. The number of rotatable bonds is 5. The second kappa shape index (κ2) is 7.84. The number of carbonyl (C=O) groups is 1. The van der Waals surface area contributed by atoms with Crippen molar-refractivity contribution in [2.24, 2.45) is 0 Å². The standard InChI is InChI=1S/C18H19BrClNO2/c1-11-4-5-14(8-12(11)2)13(3)21-18(22)10-23-17-7-6-15(20)9-16(17)19/h4-9,13H,10H2,1-3H3,(H,21,22). The van der Waals surface area contributed by atoms with Crippen LogP contribution in [0.5, 0.6) is 5.75 Å². The van der Waals surface area contributed by atoms with E-state index < -0.39 is 0 Å². The van der Waals surface area contributed by atoms with E-state index in [-0.39, 0.29) is 18.6 Å². The molecule has 0 aromatic heterocycles. The van der Waals surface area contributed by atoms with Gasteiger partial charge in [-0.25, -0.2) is 0 Å². The third-order valence-electron chi connectivity index (χ3n) is 3.66. The third kappa shape index (κ3) is 4.98. The largest absolute Gasteiger partial charge is 0.483 e. The maximum atomic E-state index is 12.1. The summed E-state index contributed by atoms with van der Waals surface area (Å²) in [4.78, 5) is 12.1. The first kappa shape index (κ1) is 17.8. The molecule has 0 spiro atoms. The molecule has 0 radical (unpaired) electrons. The zero-order chi connectivity index (χ0) is 17.0. The first-order valence-electron chi connectivity index (χ1n) is 7.31. The highest BCUT2D eigenvalue weighted by Crippen LogP contribution is 2.27. The summed E-state index contributed by atoms with van der Waals surface area (Å²) in [5.41, 5.74) is 3.53. The van der Waals surface area contributed by atoms with Gasteiger partial charge in [-0.2, -0.15) is 0 Å². The number of nitrogens with one attached hydrogen (secondary N) is 1. The number of hydrogen-bond donors (Lipinski definition) is 1. The van der Waals surface area contributed by atoms with Crippen LogP contribution in [-0.2, 0) is 4.79 Å². The fourth-order valence-electron chi connectivity index (χ4n) is 2.14. The molecular weight excluding hydrogens is 378 g/mol. The van der Waals surface area contributed by atoms with E-state index >= 15 is 0 Å². The van der Waals surface area contributed by atoms with E-state index in [1.165, 1.54) is 11.1 Å². The van der Waals surface area contributed by atoms with Gasteiger partial charge in [-0.1, -0.05) is 29.8 Å².